The SMILES string of the molecule is Cc1cc(=O)n2nc(C(C)(C)C)cc2n1Cc1ccc(Cl)nc1. The molecule has 0 saturated heterocycles. The second-order valence-electron chi connectivity index (χ2n) is 6.75. The summed E-state index contributed by atoms with van der Waals surface area (Å²) in [7, 11) is 0. The van der Waals surface area contributed by atoms with Crippen molar-refractivity contribution < 1.29 is 0 Å². The van der Waals surface area contributed by atoms with Crippen LogP contribution in [0, 0.1) is 6.92 Å². The molecular formula is C17H19ClN4O. The smallest absolute Gasteiger partial charge is 0.274 e. The van der Waals surface area contributed by atoms with Crippen LogP contribution < -0.4 is 5.56 Å². The first-order valence-electron chi connectivity index (χ1n) is 7.47. The highest BCUT2D eigenvalue weighted by Gasteiger charge is 2.20. The Morgan fingerprint density at radius 1 is 1.22 bits per heavy atom. The lowest BCUT2D eigenvalue weighted by Gasteiger charge is -2.13. The molecule has 0 aliphatic heterocycles. The number of aryl methyl sites for hydroxylation is 1. The summed E-state index contributed by atoms with van der Waals surface area (Å²) < 4.78 is 3.53. The number of halogens is 1. The molecule has 0 aliphatic carbocycles. The van der Waals surface area contributed by atoms with E-state index in [2.05, 4.69) is 35.4 Å². The molecule has 0 fully saturated rings. The molecule has 3 aromatic heterocycles. The van der Waals surface area contributed by atoms with Crippen molar-refractivity contribution in [2.24, 2.45) is 0 Å². The van der Waals surface area contributed by atoms with Gasteiger partial charge in [0.05, 0.1) is 12.2 Å². The number of fused-ring (bicyclic) bond motifs is 1. The summed E-state index contributed by atoms with van der Waals surface area (Å²) >= 11 is 5.84. The Morgan fingerprint density at radius 2 is 1.96 bits per heavy atom. The molecule has 0 unspecified atom stereocenters. The van der Waals surface area contributed by atoms with Crippen molar-refractivity contribution in [3.05, 3.63) is 62.9 Å². The van der Waals surface area contributed by atoms with Crippen molar-refractivity contribution in [1.82, 2.24) is 19.2 Å². The number of rotatable bonds is 2. The first-order valence-corrected chi connectivity index (χ1v) is 7.84. The zero-order valence-electron chi connectivity index (χ0n) is 13.7. The van der Waals surface area contributed by atoms with Gasteiger partial charge in [-0.15, -0.1) is 0 Å². The van der Waals surface area contributed by atoms with Crippen molar-refractivity contribution in [3.63, 3.8) is 0 Å². The average Bonchev–Trinajstić information content (AvgIpc) is 2.91. The van der Waals surface area contributed by atoms with Gasteiger partial charge in [-0.1, -0.05) is 38.4 Å². The Labute approximate surface area is 139 Å². The van der Waals surface area contributed by atoms with E-state index in [4.69, 9.17) is 11.6 Å². The van der Waals surface area contributed by atoms with Gasteiger partial charge in [0.25, 0.3) is 5.56 Å². The van der Waals surface area contributed by atoms with Crippen LogP contribution in [-0.2, 0) is 12.0 Å². The summed E-state index contributed by atoms with van der Waals surface area (Å²) in [5.74, 6) is 0. The van der Waals surface area contributed by atoms with Crippen molar-refractivity contribution >= 4 is 17.2 Å². The highest BCUT2D eigenvalue weighted by atomic mass is 35.5. The molecule has 0 radical (unpaired) electrons. The van der Waals surface area contributed by atoms with Gasteiger partial charge in [-0.2, -0.15) is 9.61 Å². The molecule has 23 heavy (non-hydrogen) atoms. The molecule has 0 bridgehead atoms. The number of hydrogen-bond donors (Lipinski definition) is 0. The fourth-order valence-corrected chi connectivity index (χ4v) is 2.59. The van der Waals surface area contributed by atoms with E-state index in [1.165, 1.54) is 4.52 Å². The van der Waals surface area contributed by atoms with E-state index in [1.807, 2.05) is 19.1 Å². The van der Waals surface area contributed by atoms with Crippen LogP contribution in [0.5, 0.6) is 0 Å². The van der Waals surface area contributed by atoms with Crippen LogP contribution in [-0.4, -0.2) is 19.2 Å². The maximum atomic E-state index is 12.2. The molecule has 0 aromatic carbocycles. The quantitative estimate of drug-likeness (QED) is 0.678. The van der Waals surface area contributed by atoms with Gasteiger partial charge in [-0.3, -0.25) is 4.79 Å². The molecule has 0 saturated carbocycles. The Morgan fingerprint density at radius 3 is 2.57 bits per heavy atom. The third-order valence-corrected chi connectivity index (χ3v) is 4.06. The van der Waals surface area contributed by atoms with Gasteiger partial charge < -0.3 is 4.57 Å². The molecule has 0 N–H and O–H groups in total. The van der Waals surface area contributed by atoms with Crippen LogP contribution in [0.15, 0.2) is 35.3 Å². The molecule has 0 atom stereocenters. The van der Waals surface area contributed by atoms with Gasteiger partial charge in [-0.25, -0.2) is 4.98 Å². The lowest BCUT2D eigenvalue weighted by atomic mass is 9.93. The fourth-order valence-electron chi connectivity index (χ4n) is 2.48. The predicted octanol–water partition coefficient (Wildman–Crippen LogP) is 3.20. The van der Waals surface area contributed by atoms with Crippen molar-refractivity contribution in [1.29, 1.82) is 0 Å². The molecule has 0 amide bonds. The third-order valence-electron chi connectivity index (χ3n) is 3.83. The zero-order chi connectivity index (χ0) is 16.8. The van der Waals surface area contributed by atoms with E-state index < -0.39 is 0 Å². The molecule has 0 aliphatic rings. The highest BCUT2D eigenvalue weighted by molar-refractivity contribution is 6.29. The maximum absolute atomic E-state index is 12.2. The van der Waals surface area contributed by atoms with Gasteiger partial charge in [0.1, 0.15) is 10.8 Å². The molecule has 3 aromatic rings. The van der Waals surface area contributed by atoms with Crippen LogP contribution in [0.25, 0.3) is 5.65 Å². The van der Waals surface area contributed by atoms with Crippen molar-refractivity contribution in [2.75, 3.05) is 0 Å². The van der Waals surface area contributed by atoms with Crippen LogP contribution in [0.1, 0.15) is 37.7 Å². The molecule has 0 spiro atoms. The van der Waals surface area contributed by atoms with Crippen LogP contribution in [0.2, 0.25) is 5.15 Å². The third kappa shape index (κ3) is 3.01. The topological polar surface area (TPSA) is 52.2 Å². The van der Waals surface area contributed by atoms with Gasteiger partial charge in [-0.05, 0) is 18.6 Å². The summed E-state index contributed by atoms with van der Waals surface area (Å²) in [5, 5.41) is 4.96. The minimum atomic E-state index is -0.119. The van der Waals surface area contributed by atoms with E-state index in [9.17, 15) is 4.79 Å². The van der Waals surface area contributed by atoms with Crippen molar-refractivity contribution in [3.8, 4) is 0 Å². The molecule has 3 rings (SSSR count). The van der Waals surface area contributed by atoms with Crippen molar-refractivity contribution in [2.45, 2.75) is 39.7 Å². The largest absolute Gasteiger partial charge is 0.326 e. The fraction of sp³-hybridized carbons (Fsp3) is 0.353. The Kier molecular flexibility index (Phi) is 3.76. The number of nitrogens with zero attached hydrogens (tertiary/aromatic N) is 4. The Balaban J connectivity index is 2.17. The zero-order valence-corrected chi connectivity index (χ0v) is 14.4. The Bertz CT molecular complexity index is 917. The summed E-state index contributed by atoms with van der Waals surface area (Å²) in [6, 6.07) is 7.29. The van der Waals surface area contributed by atoms with E-state index >= 15 is 0 Å². The lowest BCUT2D eigenvalue weighted by Crippen LogP contribution is -2.20. The van der Waals surface area contributed by atoms with E-state index in [-0.39, 0.29) is 11.0 Å². The second-order valence-corrected chi connectivity index (χ2v) is 7.14. The van der Waals surface area contributed by atoms with Gasteiger partial charge >= 0.3 is 0 Å². The summed E-state index contributed by atoms with van der Waals surface area (Å²) in [4.78, 5) is 16.4. The summed E-state index contributed by atoms with van der Waals surface area (Å²) in [5.41, 5.74) is 3.35. The molecule has 3 heterocycles. The minimum absolute atomic E-state index is 0.113. The number of aromatic nitrogens is 4. The number of pyridine rings is 1. The van der Waals surface area contributed by atoms with Gasteiger partial charge in [0.15, 0.2) is 0 Å². The van der Waals surface area contributed by atoms with E-state index in [1.54, 1.807) is 18.3 Å². The molecule has 120 valence electrons. The average molecular weight is 331 g/mol. The molecule has 5 nitrogen and oxygen atoms in total. The van der Waals surface area contributed by atoms with Crippen LogP contribution in [0.3, 0.4) is 0 Å². The van der Waals surface area contributed by atoms with Crippen LogP contribution >= 0.6 is 11.6 Å². The first-order chi connectivity index (χ1) is 10.8. The maximum Gasteiger partial charge on any atom is 0.274 e. The molecule has 6 heteroatoms. The lowest BCUT2D eigenvalue weighted by molar-refractivity contribution is 0.561. The van der Waals surface area contributed by atoms with E-state index in [0.29, 0.717) is 11.7 Å². The van der Waals surface area contributed by atoms with E-state index in [0.717, 1.165) is 22.6 Å². The standard InChI is InChI=1S/C17H19ClN4O/c1-11-7-16(23)22-15(8-13(20-22)17(2,3)4)21(11)10-12-5-6-14(18)19-9-12/h5-9H,10H2,1-4H3. The Hall–Kier alpha value is -2.14. The number of hydrogen-bond acceptors (Lipinski definition) is 3. The second kappa shape index (κ2) is 5.49. The van der Waals surface area contributed by atoms with Crippen LogP contribution in [0.4, 0.5) is 0 Å². The van der Waals surface area contributed by atoms with Gasteiger partial charge in [0.2, 0.25) is 0 Å². The normalized spacial score (nSPS) is 12.0. The minimum Gasteiger partial charge on any atom is -0.326 e. The monoisotopic (exact) mass is 330 g/mol. The summed E-state index contributed by atoms with van der Waals surface area (Å²) in [6.45, 7) is 8.78. The first kappa shape index (κ1) is 15.7. The molecular weight excluding hydrogens is 312 g/mol. The highest BCUT2D eigenvalue weighted by Crippen LogP contribution is 2.22. The summed E-state index contributed by atoms with van der Waals surface area (Å²) in [6.07, 6.45) is 1.75. The predicted molar refractivity (Wildman–Crippen MR) is 91.2 cm³/mol. The van der Waals surface area contributed by atoms with Gasteiger partial charge in [0, 0.05) is 29.4 Å².